The molecule has 3 aromatic rings. The van der Waals surface area contributed by atoms with Gasteiger partial charge in [0.05, 0.1) is 16.8 Å². The van der Waals surface area contributed by atoms with Gasteiger partial charge in [-0.1, -0.05) is 6.07 Å². The second-order valence-corrected chi connectivity index (χ2v) is 8.49. The van der Waals surface area contributed by atoms with E-state index in [0.29, 0.717) is 35.8 Å². The van der Waals surface area contributed by atoms with Gasteiger partial charge in [0.25, 0.3) is 11.8 Å². The van der Waals surface area contributed by atoms with Crippen LogP contribution in [0.4, 0.5) is 11.5 Å². The molecule has 4 heterocycles. The minimum absolute atomic E-state index is 0.0939. The molecule has 2 amide bonds. The van der Waals surface area contributed by atoms with Crippen LogP contribution in [0.25, 0.3) is 0 Å². The second-order valence-electron chi connectivity index (χ2n) is 7.54. The van der Waals surface area contributed by atoms with Crippen LogP contribution in [0.15, 0.2) is 54.0 Å². The van der Waals surface area contributed by atoms with Crippen LogP contribution < -0.4 is 19.7 Å². The normalized spacial score (nSPS) is 15.4. The molecule has 1 aromatic carbocycles. The van der Waals surface area contributed by atoms with Gasteiger partial charge in [-0.2, -0.15) is 0 Å². The summed E-state index contributed by atoms with van der Waals surface area (Å²) in [5, 5.41) is 4.79. The van der Waals surface area contributed by atoms with Crippen LogP contribution >= 0.6 is 11.3 Å². The highest BCUT2D eigenvalue weighted by atomic mass is 32.1. The van der Waals surface area contributed by atoms with Crippen LogP contribution in [0.1, 0.15) is 26.5 Å². The van der Waals surface area contributed by atoms with E-state index in [0.717, 1.165) is 30.2 Å². The zero-order chi connectivity index (χ0) is 21.9. The van der Waals surface area contributed by atoms with E-state index in [4.69, 9.17) is 9.47 Å². The number of fused-ring (bicyclic) bond motifs is 1. The van der Waals surface area contributed by atoms with Crippen molar-refractivity contribution in [3.63, 3.8) is 0 Å². The highest BCUT2D eigenvalue weighted by Gasteiger charge is 2.22. The number of rotatable bonds is 4. The third-order valence-electron chi connectivity index (χ3n) is 5.48. The number of carbonyl (C=O) groups excluding carboxylic acids is 2. The van der Waals surface area contributed by atoms with E-state index in [-0.39, 0.29) is 18.6 Å². The SMILES string of the molecule is O=C(Nc1ccc(N2CCCN(C(=O)c3cccs3)CC2)nc1)c1ccc2c(c1)OCO2. The maximum absolute atomic E-state index is 12.6. The lowest BCUT2D eigenvalue weighted by Gasteiger charge is -2.22. The molecule has 2 aromatic heterocycles. The van der Waals surface area contributed by atoms with E-state index in [9.17, 15) is 9.59 Å². The predicted octanol–water partition coefficient (Wildman–Crippen LogP) is 3.48. The van der Waals surface area contributed by atoms with Crippen molar-refractivity contribution < 1.29 is 19.1 Å². The summed E-state index contributed by atoms with van der Waals surface area (Å²) in [7, 11) is 0. The molecule has 0 saturated carbocycles. The van der Waals surface area contributed by atoms with Gasteiger partial charge in [0.1, 0.15) is 5.82 Å². The van der Waals surface area contributed by atoms with Gasteiger partial charge in [-0.3, -0.25) is 9.59 Å². The van der Waals surface area contributed by atoms with Crippen molar-refractivity contribution in [3.8, 4) is 11.5 Å². The van der Waals surface area contributed by atoms with Gasteiger partial charge in [0, 0.05) is 31.7 Å². The first-order valence-electron chi connectivity index (χ1n) is 10.4. The lowest BCUT2D eigenvalue weighted by atomic mass is 10.2. The van der Waals surface area contributed by atoms with Crippen molar-refractivity contribution in [3.05, 3.63) is 64.5 Å². The number of pyridine rings is 1. The van der Waals surface area contributed by atoms with Gasteiger partial charge in [-0.05, 0) is 48.2 Å². The van der Waals surface area contributed by atoms with E-state index in [1.807, 2.05) is 34.5 Å². The van der Waals surface area contributed by atoms with Gasteiger partial charge in [0.15, 0.2) is 11.5 Å². The molecule has 164 valence electrons. The molecule has 5 rings (SSSR count). The molecule has 0 atom stereocenters. The predicted molar refractivity (Wildman–Crippen MR) is 122 cm³/mol. The first-order chi connectivity index (χ1) is 15.7. The molecule has 32 heavy (non-hydrogen) atoms. The summed E-state index contributed by atoms with van der Waals surface area (Å²) in [6.07, 6.45) is 2.53. The molecule has 2 aliphatic heterocycles. The Morgan fingerprint density at radius 2 is 1.91 bits per heavy atom. The molecule has 8 nitrogen and oxygen atoms in total. The maximum Gasteiger partial charge on any atom is 0.263 e. The number of hydrogen-bond donors (Lipinski definition) is 1. The van der Waals surface area contributed by atoms with Crippen LogP contribution in [0, 0.1) is 0 Å². The molecule has 2 aliphatic rings. The molecule has 0 unspecified atom stereocenters. The zero-order valence-electron chi connectivity index (χ0n) is 17.3. The van der Waals surface area contributed by atoms with E-state index in [1.54, 1.807) is 24.4 Å². The molecule has 0 spiro atoms. The number of aromatic nitrogens is 1. The van der Waals surface area contributed by atoms with Crippen LogP contribution in [0.5, 0.6) is 11.5 Å². The monoisotopic (exact) mass is 450 g/mol. The summed E-state index contributed by atoms with van der Waals surface area (Å²) in [6, 6.07) is 12.6. The fourth-order valence-electron chi connectivity index (χ4n) is 3.79. The van der Waals surface area contributed by atoms with Crippen molar-refractivity contribution >= 4 is 34.7 Å². The molecule has 0 radical (unpaired) electrons. The fourth-order valence-corrected chi connectivity index (χ4v) is 4.48. The first kappa shape index (κ1) is 20.3. The standard InChI is InChI=1S/C23H22N4O4S/c28-22(16-4-6-18-19(13-16)31-15-30-18)25-17-5-7-21(24-14-17)26-8-2-9-27(11-10-26)23(29)20-3-1-12-32-20/h1,3-7,12-14H,2,8-11,15H2,(H,25,28). The number of nitrogens with one attached hydrogen (secondary N) is 1. The van der Waals surface area contributed by atoms with Crippen LogP contribution in [0.3, 0.4) is 0 Å². The molecule has 0 aliphatic carbocycles. The Morgan fingerprint density at radius 3 is 2.72 bits per heavy atom. The second kappa shape index (κ2) is 8.88. The summed E-state index contributed by atoms with van der Waals surface area (Å²) in [5.41, 5.74) is 1.10. The Kier molecular flexibility index (Phi) is 5.64. The Hall–Kier alpha value is -3.59. The average molecular weight is 451 g/mol. The number of nitrogens with zero attached hydrogens (tertiary/aromatic N) is 3. The Bertz CT molecular complexity index is 1120. The van der Waals surface area contributed by atoms with Gasteiger partial charge < -0.3 is 24.6 Å². The number of ether oxygens (including phenoxy) is 2. The van der Waals surface area contributed by atoms with Crippen molar-refractivity contribution in [2.75, 3.05) is 43.2 Å². The number of anilines is 2. The van der Waals surface area contributed by atoms with E-state index in [2.05, 4.69) is 15.2 Å². The summed E-state index contributed by atoms with van der Waals surface area (Å²) in [6.45, 7) is 3.09. The van der Waals surface area contributed by atoms with Gasteiger partial charge in [0.2, 0.25) is 6.79 Å². The first-order valence-corrected chi connectivity index (χ1v) is 11.3. The van der Waals surface area contributed by atoms with Gasteiger partial charge >= 0.3 is 0 Å². The molecular formula is C23H22N4O4S. The Morgan fingerprint density at radius 1 is 1.00 bits per heavy atom. The molecule has 9 heteroatoms. The van der Waals surface area contributed by atoms with Crippen molar-refractivity contribution in [2.45, 2.75) is 6.42 Å². The highest BCUT2D eigenvalue weighted by molar-refractivity contribution is 7.12. The smallest absolute Gasteiger partial charge is 0.263 e. The summed E-state index contributed by atoms with van der Waals surface area (Å²) in [4.78, 5) is 34.6. The largest absolute Gasteiger partial charge is 0.454 e. The topological polar surface area (TPSA) is 84.0 Å². The lowest BCUT2D eigenvalue weighted by molar-refractivity contribution is 0.0771. The number of carbonyl (C=O) groups is 2. The third kappa shape index (κ3) is 4.24. The van der Waals surface area contributed by atoms with E-state index >= 15 is 0 Å². The maximum atomic E-state index is 12.6. The molecule has 1 fully saturated rings. The van der Waals surface area contributed by atoms with Crippen LogP contribution in [0.2, 0.25) is 0 Å². The molecule has 1 N–H and O–H groups in total. The van der Waals surface area contributed by atoms with Crippen LogP contribution in [-0.2, 0) is 0 Å². The Balaban J connectivity index is 1.20. The summed E-state index contributed by atoms with van der Waals surface area (Å²) < 4.78 is 10.6. The van der Waals surface area contributed by atoms with Crippen molar-refractivity contribution in [1.29, 1.82) is 0 Å². The Labute approximate surface area is 189 Å². The molecule has 1 saturated heterocycles. The zero-order valence-corrected chi connectivity index (χ0v) is 18.1. The fraction of sp³-hybridized carbons (Fsp3) is 0.261. The summed E-state index contributed by atoms with van der Waals surface area (Å²) in [5.74, 6) is 1.89. The van der Waals surface area contributed by atoms with E-state index < -0.39 is 0 Å². The highest BCUT2D eigenvalue weighted by Crippen LogP contribution is 2.32. The third-order valence-corrected chi connectivity index (χ3v) is 6.34. The number of benzene rings is 1. The minimum atomic E-state index is -0.240. The molecular weight excluding hydrogens is 428 g/mol. The van der Waals surface area contributed by atoms with Crippen molar-refractivity contribution in [2.24, 2.45) is 0 Å². The minimum Gasteiger partial charge on any atom is -0.454 e. The van der Waals surface area contributed by atoms with Crippen LogP contribution in [-0.4, -0.2) is 54.7 Å². The van der Waals surface area contributed by atoms with Gasteiger partial charge in [-0.15, -0.1) is 11.3 Å². The number of hydrogen-bond acceptors (Lipinski definition) is 7. The van der Waals surface area contributed by atoms with E-state index in [1.165, 1.54) is 11.3 Å². The average Bonchev–Trinajstić information content (AvgIpc) is 3.46. The summed E-state index contributed by atoms with van der Waals surface area (Å²) >= 11 is 1.47. The van der Waals surface area contributed by atoms with Crippen molar-refractivity contribution in [1.82, 2.24) is 9.88 Å². The number of thiophene rings is 1. The van der Waals surface area contributed by atoms with Gasteiger partial charge in [-0.25, -0.2) is 4.98 Å². The number of amides is 2. The molecule has 0 bridgehead atoms. The lowest BCUT2D eigenvalue weighted by Crippen LogP contribution is -2.35. The quantitative estimate of drug-likeness (QED) is 0.655.